The first-order chi connectivity index (χ1) is 13.8. The molecule has 2 aliphatic carbocycles. The van der Waals surface area contributed by atoms with Crippen LogP contribution in [-0.4, -0.2) is 31.0 Å². The molecule has 1 atom stereocenters. The van der Waals surface area contributed by atoms with E-state index in [4.69, 9.17) is 0 Å². The molecule has 144 valence electrons. The van der Waals surface area contributed by atoms with Crippen LogP contribution in [-0.2, 0) is 6.42 Å². The lowest BCUT2D eigenvalue weighted by atomic mass is 10.0. The number of amides is 2. The van der Waals surface area contributed by atoms with Gasteiger partial charge < -0.3 is 15.5 Å². The minimum atomic E-state index is -0.171. The van der Waals surface area contributed by atoms with Gasteiger partial charge in [0.1, 0.15) is 0 Å². The van der Waals surface area contributed by atoms with Crippen molar-refractivity contribution in [2.45, 2.75) is 44.6 Å². The lowest BCUT2D eigenvalue weighted by Crippen LogP contribution is -2.37. The number of carbonyl (C=O) groups is 1. The zero-order valence-corrected chi connectivity index (χ0v) is 15.9. The molecular formula is C22H25N5O. The van der Waals surface area contributed by atoms with Crippen molar-refractivity contribution in [2.24, 2.45) is 10.2 Å². The van der Waals surface area contributed by atoms with Crippen molar-refractivity contribution in [3.8, 4) is 0 Å². The number of fused-ring (bicyclic) bond motifs is 2. The third-order valence-electron chi connectivity index (χ3n) is 6.06. The number of carbonyl (C=O) groups excluding carboxylic acids is 1. The summed E-state index contributed by atoms with van der Waals surface area (Å²) in [4.78, 5) is 15.2. The van der Waals surface area contributed by atoms with Gasteiger partial charge in [-0.2, -0.15) is 10.2 Å². The number of rotatable bonds is 3. The molecule has 0 spiro atoms. The summed E-state index contributed by atoms with van der Waals surface area (Å²) in [5.41, 5.74) is 6.63. The molecular weight excluding hydrogens is 350 g/mol. The van der Waals surface area contributed by atoms with E-state index < -0.39 is 0 Å². The molecule has 0 bridgehead atoms. The Morgan fingerprint density at radius 3 is 2.96 bits per heavy atom. The van der Waals surface area contributed by atoms with Gasteiger partial charge in [0, 0.05) is 30.8 Å². The Morgan fingerprint density at radius 2 is 2.07 bits per heavy atom. The number of hydrogen-bond acceptors (Lipinski definition) is 4. The van der Waals surface area contributed by atoms with E-state index in [2.05, 4.69) is 43.9 Å². The van der Waals surface area contributed by atoms with E-state index in [1.807, 2.05) is 12.2 Å². The van der Waals surface area contributed by atoms with Crippen LogP contribution in [0, 0.1) is 0 Å². The molecule has 2 heterocycles. The summed E-state index contributed by atoms with van der Waals surface area (Å²) in [5.74, 6) is 0. The van der Waals surface area contributed by atoms with Gasteiger partial charge in [-0.15, -0.1) is 0 Å². The topological polar surface area (TPSA) is 69.1 Å². The summed E-state index contributed by atoms with van der Waals surface area (Å²) < 4.78 is 0. The zero-order valence-electron chi connectivity index (χ0n) is 15.9. The van der Waals surface area contributed by atoms with E-state index in [1.54, 1.807) is 6.21 Å². The van der Waals surface area contributed by atoms with Crippen molar-refractivity contribution in [3.05, 3.63) is 52.7 Å². The summed E-state index contributed by atoms with van der Waals surface area (Å²) in [6, 6.07) is 6.43. The molecule has 2 N–H and O–H groups in total. The molecule has 5 rings (SSSR count). The minimum absolute atomic E-state index is 0.0586. The van der Waals surface area contributed by atoms with Crippen LogP contribution in [0.4, 0.5) is 10.5 Å². The Labute approximate surface area is 165 Å². The second kappa shape index (κ2) is 7.26. The fourth-order valence-corrected chi connectivity index (χ4v) is 4.68. The Kier molecular flexibility index (Phi) is 4.47. The van der Waals surface area contributed by atoms with Gasteiger partial charge in [0.25, 0.3) is 0 Å². The number of benzene rings is 1. The summed E-state index contributed by atoms with van der Waals surface area (Å²) in [6.07, 6.45) is 12.3. The first-order valence-electron chi connectivity index (χ1n) is 10.2. The molecule has 6 heteroatoms. The third kappa shape index (κ3) is 3.13. The lowest BCUT2D eigenvalue weighted by Gasteiger charge is -2.30. The highest BCUT2D eigenvalue weighted by atomic mass is 16.2. The van der Waals surface area contributed by atoms with Crippen LogP contribution in [0.15, 0.2) is 51.8 Å². The van der Waals surface area contributed by atoms with E-state index in [-0.39, 0.29) is 12.1 Å². The van der Waals surface area contributed by atoms with Gasteiger partial charge in [0.2, 0.25) is 0 Å². The molecule has 1 fully saturated rings. The Balaban J connectivity index is 1.31. The summed E-state index contributed by atoms with van der Waals surface area (Å²) in [7, 11) is 0. The number of hydrogen-bond donors (Lipinski definition) is 2. The largest absolute Gasteiger partial charge is 0.371 e. The molecule has 2 aliphatic heterocycles. The van der Waals surface area contributed by atoms with Crippen LogP contribution in [0.2, 0.25) is 0 Å². The van der Waals surface area contributed by atoms with E-state index in [1.165, 1.54) is 36.1 Å². The van der Waals surface area contributed by atoms with Crippen LogP contribution in [0.1, 0.15) is 49.3 Å². The van der Waals surface area contributed by atoms with E-state index >= 15 is 0 Å². The second-order valence-corrected chi connectivity index (χ2v) is 7.81. The van der Waals surface area contributed by atoms with Gasteiger partial charge in [-0.3, -0.25) is 0 Å². The number of nitrogens with zero attached hydrogens (tertiary/aromatic N) is 3. The van der Waals surface area contributed by atoms with Gasteiger partial charge >= 0.3 is 6.03 Å². The molecule has 0 saturated carbocycles. The Morgan fingerprint density at radius 1 is 1.18 bits per heavy atom. The Hall–Kier alpha value is -2.89. The van der Waals surface area contributed by atoms with E-state index in [0.717, 1.165) is 49.3 Å². The van der Waals surface area contributed by atoms with Gasteiger partial charge in [-0.05, 0) is 55.4 Å². The highest BCUT2D eigenvalue weighted by Crippen LogP contribution is 2.38. The predicted octanol–water partition coefficient (Wildman–Crippen LogP) is 3.62. The van der Waals surface area contributed by atoms with Gasteiger partial charge in [0.15, 0.2) is 0 Å². The van der Waals surface area contributed by atoms with Crippen molar-refractivity contribution < 1.29 is 4.79 Å². The predicted molar refractivity (Wildman–Crippen MR) is 112 cm³/mol. The van der Waals surface area contributed by atoms with Crippen molar-refractivity contribution in [1.29, 1.82) is 0 Å². The molecule has 0 radical (unpaired) electrons. The van der Waals surface area contributed by atoms with Crippen LogP contribution in [0.5, 0.6) is 0 Å². The molecule has 1 aromatic carbocycles. The number of anilines is 1. The average Bonchev–Trinajstić information content (AvgIpc) is 3.36. The van der Waals surface area contributed by atoms with E-state index in [0.29, 0.717) is 0 Å². The summed E-state index contributed by atoms with van der Waals surface area (Å²) in [6.45, 7) is 2.29. The molecule has 0 aromatic heterocycles. The minimum Gasteiger partial charge on any atom is -0.371 e. The fourth-order valence-electron chi connectivity index (χ4n) is 4.68. The standard InChI is InChI=1S/C22H25N5O/c28-22(24-18-7-5-8-20-17(18)14-23-26-20)25-19-11-10-16-15(19)6-4-9-21(16)27-12-2-1-3-13-27/h4-7,9,14,19H,1-3,8,10-13H2,(H2,24,25,28). The van der Waals surface area contributed by atoms with Crippen LogP contribution < -0.4 is 15.5 Å². The molecule has 6 nitrogen and oxygen atoms in total. The van der Waals surface area contributed by atoms with E-state index in [9.17, 15) is 4.79 Å². The van der Waals surface area contributed by atoms with Crippen molar-refractivity contribution >= 4 is 23.6 Å². The van der Waals surface area contributed by atoms with Crippen LogP contribution in [0.3, 0.4) is 0 Å². The number of urea groups is 1. The molecule has 1 saturated heterocycles. The maximum absolute atomic E-state index is 12.7. The quantitative estimate of drug-likeness (QED) is 0.847. The smallest absolute Gasteiger partial charge is 0.319 e. The monoisotopic (exact) mass is 375 g/mol. The molecule has 1 aromatic rings. The number of nitrogens with one attached hydrogen (secondary N) is 2. The molecule has 1 unspecified atom stereocenters. The van der Waals surface area contributed by atoms with Crippen molar-refractivity contribution in [3.63, 3.8) is 0 Å². The van der Waals surface area contributed by atoms with Crippen LogP contribution >= 0.6 is 0 Å². The van der Waals surface area contributed by atoms with Crippen LogP contribution in [0.25, 0.3) is 0 Å². The summed E-state index contributed by atoms with van der Waals surface area (Å²) in [5, 5.41) is 14.2. The number of piperidine rings is 1. The maximum atomic E-state index is 12.7. The first kappa shape index (κ1) is 17.2. The highest BCUT2D eigenvalue weighted by molar-refractivity contribution is 6.20. The molecule has 4 aliphatic rings. The third-order valence-corrected chi connectivity index (χ3v) is 6.06. The Bertz CT molecular complexity index is 921. The van der Waals surface area contributed by atoms with Gasteiger partial charge in [-0.1, -0.05) is 18.2 Å². The first-order valence-corrected chi connectivity index (χ1v) is 10.2. The zero-order chi connectivity index (χ0) is 18.9. The lowest BCUT2D eigenvalue weighted by molar-refractivity contribution is 0.239. The SMILES string of the molecule is O=C(NC1=C2C=NN=C2CC=C1)NC1CCc2c1cccc2N1CCCCC1. The van der Waals surface area contributed by atoms with Crippen molar-refractivity contribution in [1.82, 2.24) is 10.6 Å². The second-order valence-electron chi connectivity index (χ2n) is 7.81. The molecule has 28 heavy (non-hydrogen) atoms. The van der Waals surface area contributed by atoms with Crippen molar-refractivity contribution in [2.75, 3.05) is 18.0 Å². The highest BCUT2D eigenvalue weighted by Gasteiger charge is 2.28. The van der Waals surface area contributed by atoms with Gasteiger partial charge in [0.05, 0.1) is 23.7 Å². The normalized spacial score (nSPS) is 22.8. The fraction of sp³-hybridized carbons (Fsp3) is 0.409. The molecule has 2 amide bonds. The average molecular weight is 375 g/mol. The summed E-state index contributed by atoms with van der Waals surface area (Å²) >= 11 is 0. The number of allylic oxidation sites excluding steroid dienone is 3. The maximum Gasteiger partial charge on any atom is 0.319 e. The van der Waals surface area contributed by atoms with Gasteiger partial charge in [-0.25, -0.2) is 4.79 Å².